The summed E-state index contributed by atoms with van der Waals surface area (Å²) in [4.78, 5) is -0.746. The SMILES string of the molecule is Cc1nn(C)c(C)c1S(=O)(=O)N[C@H]1CC[C@](F)(S(=O)(=O)c2cccc(C(F)(F)F)c2)CC1. The molecule has 0 radical (unpaired) electrons. The van der Waals surface area contributed by atoms with E-state index in [1.807, 2.05) is 0 Å². The third-order valence-corrected chi connectivity index (χ3v) is 9.74. The number of sulfonamides is 1. The fraction of sp³-hybridized carbons (Fsp3) is 0.526. The lowest BCUT2D eigenvalue weighted by Gasteiger charge is -2.33. The smallest absolute Gasteiger partial charge is 0.271 e. The van der Waals surface area contributed by atoms with Gasteiger partial charge in [0.15, 0.2) is 0 Å². The Bertz CT molecular complexity index is 1230. The van der Waals surface area contributed by atoms with Crippen molar-refractivity contribution in [1.82, 2.24) is 14.5 Å². The maximum absolute atomic E-state index is 15.5. The molecule has 0 atom stereocenters. The van der Waals surface area contributed by atoms with Crippen molar-refractivity contribution < 1.29 is 34.4 Å². The first kappa shape index (κ1) is 24.6. The molecule has 0 bridgehead atoms. The largest absolute Gasteiger partial charge is 0.416 e. The lowest BCUT2D eigenvalue weighted by molar-refractivity contribution is -0.137. The van der Waals surface area contributed by atoms with Crippen molar-refractivity contribution in [2.45, 2.75) is 66.5 Å². The Morgan fingerprint density at radius 3 is 2.22 bits per heavy atom. The average Bonchev–Trinajstić information content (AvgIpc) is 2.95. The van der Waals surface area contributed by atoms with Crippen LogP contribution in [0.3, 0.4) is 0 Å². The highest BCUT2D eigenvalue weighted by Crippen LogP contribution is 2.41. The quantitative estimate of drug-likeness (QED) is 0.639. The number of alkyl halides is 4. The van der Waals surface area contributed by atoms with Crippen molar-refractivity contribution in [1.29, 1.82) is 0 Å². The van der Waals surface area contributed by atoms with Crippen molar-refractivity contribution in [2.24, 2.45) is 7.05 Å². The number of hydrogen-bond donors (Lipinski definition) is 1. The van der Waals surface area contributed by atoms with Crippen molar-refractivity contribution in [3.8, 4) is 0 Å². The van der Waals surface area contributed by atoms with E-state index in [-0.39, 0.29) is 17.7 Å². The van der Waals surface area contributed by atoms with Crippen molar-refractivity contribution in [2.75, 3.05) is 0 Å². The van der Waals surface area contributed by atoms with Gasteiger partial charge in [-0.1, -0.05) is 6.07 Å². The maximum Gasteiger partial charge on any atom is 0.416 e. The summed E-state index contributed by atoms with van der Waals surface area (Å²) >= 11 is 0. The van der Waals surface area contributed by atoms with E-state index < -0.39 is 60.4 Å². The van der Waals surface area contributed by atoms with Gasteiger partial charge in [-0.3, -0.25) is 4.68 Å². The molecule has 1 aromatic carbocycles. The lowest BCUT2D eigenvalue weighted by atomic mass is 9.94. The van der Waals surface area contributed by atoms with E-state index in [4.69, 9.17) is 0 Å². The van der Waals surface area contributed by atoms with Gasteiger partial charge in [-0.2, -0.15) is 18.3 Å². The fourth-order valence-corrected chi connectivity index (χ4v) is 7.39. The number of nitrogens with zero attached hydrogens (tertiary/aromatic N) is 2. The van der Waals surface area contributed by atoms with Crippen LogP contribution in [0.5, 0.6) is 0 Å². The van der Waals surface area contributed by atoms with Crippen LogP contribution >= 0.6 is 0 Å². The molecule has 1 heterocycles. The maximum atomic E-state index is 15.5. The highest BCUT2D eigenvalue weighted by atomic mass is 32.2. The Labute approximate surface area is 183 Å². The second-order valence-corrected chi connectivity index (χ2v) is 11.8. The van der Waals surface area contributed by atoms with Crippen LogP contribution in [0.25, 0.3) is 0 Å². The molecule has 0 amide bonds. The molecule has 0 unspecified atom stereocenters. The van der Waals surface area contributed by atoms with Gasteiger partial charge in [-0.15, -0.1) is 0 Å². The molecule has 1 saturated carbocycles. The van der Waals surface area contributed by atoms with Gasteiger partial charge in [0.2, 0.25) is 24.9 Å². The molecule has 1 aliphatic carbocycles. The topological polar surface area (TPSA) is 98.1 Å². The number of benzene rings is 1. The summed E-state index contributed by atoms with van der Waals surface area (Å²) in [7, 11) is -7.11. The molecular weight excluding hydrogens is 474 g/mol. The van der Waals surface area contributed by atoms with Crippen LogP contribution in [-0.4, -0.2) is 37.7 Å². The lowest BCUT2D eigenvalue weighted by Crippen LogP contribution is -2.45. The minimum Gasteiger partial charge on any atom is -0.271 e. The van der Waals surface area contributed by atoms with E-state index in [1.165, 1.54) is 11.6 Å². The van der Waals surface area contributed by atoms with Crippen molar-refractivity contribution in [3.63, 3.8) is 0 Å². The molecule has 7 nitrogen and oxygen atoms in total. The van der Waals surface area contributed by atoms with Gasteiger partial charge in [0.25, 0.3) is 0 Å². The van der Waals surface area contributed by atoms with Gasteiger partial charge >= 0.3 is 6.18 Å². The number of rotatable bonds is 5. The zero-order valence-electron chi connectivity index (χ0n) is 17.6. The summed E-state index contributed by atoms with van der Waals surface area (Å²) < 4.78 is 109. The second kappa shape index (κ2) is 8.10. The Morgan fingerprint density at radius 1 is 1.12 bits per heavy atom. The molecule has 2 aromatic rings. The molecule has 0 aliphatic heterocycles. The van der Waals surface area contributed by atoms with Crippen molar-refractivity contribution in [3.05, 3.63) is 41.2 Å². The highest BCUT2D eigenvalue weighted by molar-refractivity contribution is 7.92. The van der Waals surface area contributed by atoms with Crippen LogP contribution in [0.1, 0.15) is 42.6 Å². The molecule has 1 aliphatic rings. The summed E-state index contributed by atoms with van der Waals surface area (Å²) in [6, 6.07) is 2.24. The van der Waals surface area contributed by atoms with Gasteiger partial charge in [0, 0.05) is 13.1 Å². The van der Waals surface area contributed by atoms with E-state index in [1.54, 1.807) is 14.0 Å². The minimum absolute atomic E-state index is 0.00803. The molecule has 1 aromatic heterocycles. The summed E-state index contributed by atoms with van der Waals surface area (Å²) in [5.41, 5.74) is -0.483. The first-order valence-corrected chi connectivity index (χ1v) is 12.7. The minimum atomic E-state index is -4.77. The van der Waals surface area contributed by atoms with Crippen LogP contribution in [0.15, 0.2) is 34.1 Å². The van der Waals surface area contributed by atoms with E-state index in [9.17, 15) is 30.0 Å². The predicted molar refractivity (Wildman–Crippen MR) is 108 cm³/mol. The number of aromatic nitrogens is 2. The summed E-state index contributed by atoms with van der Waals surface area (Å²) in [6.07, 6.45) is -6.14. The summed E-state index contributed by atoms with van der Waals surface area (Å²) in [5.74, 6) is 0. The Kier molecular flexibility index (Phi) is 6.24. The third-order valence-electron chi connectivity index (χ3n) is 5.72. The van der Waals surface area contributed by atoms with Crippen LogP contribution in [0.2, 0.25) is 0 Å². The predicted octanol–water partition coefficient (Wildman–Crippen LogP) is 3.42. The summed E-state index contributed by atoms with van der Waals surface area (Å²) in [6.45, 7) is 3.13. The van der Waals surface area contributed by atoms with E-state index in [2.05, 4.69) is 9.82 Å². The number of hydrogen-bond acceptors (Lipinski definition) is 5. The zero-order chi connectivity index (χ0) is 24.1. The van der Waals surface area contributed by atoms with E-state index >= 15 is 4.39 Å². The van der Waals surface area contributed by atoms with Crippen molar-refractivity contribution >= 4 is 19.9 Å². The monoisotopic (exact) mass is 497 g/mol. The van der Waals surface area contributed by atoms with E-state index in [0.29, 0.717) is 23.5 Å². The van der Waals surface area contributed by atoms with Crippen LogP contribution in [0, 0.1) is 13.8 Å². The van der Waals surface area contributed by atoms with Crippen LogP contribution in [0.4, 0.5) is 17.6 Å². The highest BCUT2D eigenvalue weighted by Gasteiger charge is 2.48. The molecule has 178 valence electrons. The molecule has 1 N–H and O–H groups in total. The molecule has 32 heavy (non-hydrogen) atoms. The zero-order valence-corrected chi connectivity index (χ0v) is 19.2. The molecular formula is C19H23F4N3O4S2. The number of sulfone groups is 1. The van der Waals surface area contributed by atoms with Gasteiger partial charge < -0.3 is 0 Å². The average molecular weight is 498 g/mol. The first-order valence-electron chi connectivity index (χ1n) is 9.72. The molecule has 3 rings (SSSR count). The Morgan fingerprint density at radius 2 is 1.72 bits per heavy atom. The van der Waals surface area contributed by atoms with Crippen LogP contribution < -0.4 is 4.72 Å². The van der Waals surface area contributed by atoms with Gasteiger partial charge in [0.05, 0.1) is 21.8 Å². The van der Waals surface area contributed by atoms with Gasteiger partial charge in [-0.05, 0) is 57.7 Å². The Balaban J connectivity index is 1.78. The summed E-state index contributed by atoms with van der Waals surface area (Å²) in [5, 5.41) is 1.27. The van der Waals surface area contributed by atoms with Gasteiger partial charge in [0.1, 0.15) is 4.90 Å². The molecule has 0 saturated heterocycles. The molecule has 0 spiro atoms. The first-order chi connectivity index (χ1) is 14.6. The number of aryl methyl sites for hydroxylation is 2. The second-order valence-electron chi connectivity index (χ2n) is 7.93. The number of halogens is 4. The van der Waals surface area contributed by atoms with Gasteiger partial charge in [-0.25, -0.2) is 25.9 Å². The standard InChI is InChI=1S/C19H23F4N3O4S2/c1-12-17(13(2)26(3)24-12)32(29,30)25-15-7-9-18(20,10-8-15)31(27,28)16-6-4-5-14(11-16)19(21,22)23/h4-6,11,15,25H,7-10H2,1-3H3/t15-,18-. The molecule has 1 fully saturated rings. The Hall–Kier alpha value is -1.99. The third kappa shape index (κ3) is 4.42. The fourth-order valence-electron chi connectivity index (χ4n) is 3.91. The van der Waals surface area contributed by atoms with E-state index in [0.717, 1.165) is 12.1 Å². The van der Waals surface area contributed by atoms with Crippen LogP contribution in [-0.2, 0) is 33.1 Å². The molecule has 13 heteroatoms. The normalized spacial score (nSPS) is 22.8. The number of nitrogens with one attached hydrogen (secondary N) is 1.